The summed E-state index contributed by atoms with van der Waals surface area (Å²) in [5, 5.41) is 14.7. The molecule has 2 saturated heterocycles. The molecule has 0 unspecified atom stereocenters. The predicted molar refractivity (Wildman–Crippen MR) is 78.3 cm³/mol. The molecule has 1 N–H and O–H groups in total. The van der Waals surface area contributed by atoms with Gasteiger partial charge in [-0.3, -0.25) is 10.1 Å². The summed E-state index contributed by atoms with van der Waals surface area (Å²) in [5.41, 5.74) is 0.688. The number of nitrogens with zero attached hydrogens (tertiary/aromatic N) is 2. The van der Waals surface area contributed by atoms with Crippen molar-refractivity contribution in [2.75, 3.05) is 45.3 Å². The summed E-state index contributed by atoms with van der Waals surface area (Å²) in [6.07, 6.45) is 0. The molecule has 21 heavy (non-hydrogen) atoms. The van der Waals surface area contributed by atoms with E-state index in [0.717, 1.165) is 26.2 Å². The molecule has 2 aliphatic heterocycles. The lowest BCUT2D eigenvalue weighted by atomic mass is 10.0. The van der Waals surface area contributed by atoms with Gasteiger partial charge in [0.15, 0.2) is 11.5 Å². The van der Waals surface area contributed by atoms with E-state index in [1.54, 1.807) is 6.07 Å². The van der Waals surface area contributed by atoms with Gasteiger partial charge < -0.3 is 19.7 Å². The van der Waals surface area contributed by atoms with E-state index in [-0.39, 0.29) is 10.6 Å². The SMILES string of the molecule is COc1cc(N2C[C@H]3CNC[C@H]3C2)c([N+](=O)[O-])cc1OC. The summed E-state index contributed by atoms with van der Waals surface area (Å²) in [6.45, 7) is 3.66. The highest BCUT2D eigenvalue weighted by molar-refractivity contribution is 5.70. The van der Waals surface area contributed by atoms with Crippen molar-refractivity contribution in [1.82, 2.24) is 5.32 Å². The third-order valence-corrected chi connectivity index (χ3v) is 4.41. The molecule has 2 atom stereocenters. The zero-order valence-electron chi connectivity index (χ0n) is 12.2. The van der Waals surface area contributed by atoms with Crippen LogP contribution in [0.3, 0.4) is 0 Å². The first-order valence-corrected chi connectivity index (χ1v) is 7.00. The topological polar surface area (TPSA) is 76.9 Å². The highest BCUT2D eigenvalue weighted by atomic mass is 16.6. The molecule has 1 aromatic rings. The van der Waals surface area contributed by atoms with Crippen molar-refractivity contribution in [1.29, 1.82) is 0 Å². The second kappa shape index (κ2) is 5.40. The van der Waals surface area contributed by atoms with Crippen LogP contribution < -0.4 is 19.7 Å². The van der Waals surface area contributed by atoms with Gasteiger partial charge in [0, 0.05) is 32.2 Å². The van der Waals surface area contributed by atoms with Crippen LogP contribution >= 0.6 is 0 Å². The third-order valence-electron chi connectivity index (χ3n) is 4.41. The first-order valence-electron chi connectivity index (χ1n) is 7.00. The highest BCUT2D eigenvalue weighted by Gasteiger charge is 2.38. The van der Waals surface area contributed by atoms with E-state index in [9.17, 15) is 10.1 Å². The Morgan fingerprint density at radius 1 is 1.19 bits per heavy atom. The van der Waals surface area contributed by atoms with Crippen LogP contribution in [0.4, 0.5) is 11.4 Å². The molecule has 0 aliphatic carbocycles. The average Bonchev–Trinajstić information content (AvgIpc) is 3.06. The van der Waals surface area contributed by atoms with Gasteiger partial charge in [0.2, 0.25) is 0 Å². The number of ether oxygens (including phenoxy) is 2. The second-order valence-electron chi connectivity index (χ2n) is 5.54. The minimum atomic E-state index is -0.357. The zero-order chi connectivity index (χ0) is 15.0. The fraction of sp³-hybridized carbons (Fsp3) is 0.571. The lowest BCUT2D eigenvalue weighted by Gasteiger charge is -2.21. The Hall–Kier alpha value is -2.02. The van der Waals surface area contributed by atoms with Gasteiger partial charge in [0.1, 0.15) is 5.69 Å². The van der Waals surface area contributed by atoms with Crippen LogP contribution in [0, 0.1) is 22.0 Å². The third kappa shape index (κ3) is 2.37. The van der Waals surface area contributed by atoms with Crippen LogP contribution in [0.15, 0.2) is 12.1 Å². The monoisotopic (exact) mass is 293 g/mol. The van der Waals surface area contributed by atoms with Crippen molar-refractivity contribution < 1.29 is 14.4 Å². The minimum absolute atomic E-state index is 0.0700. The van der Waals surface area contributed by atoms with Gasteiger partial charge in [-0.05, 0) is 11.8 Å². The summed E-state index contributed by atoms with van der Waals surface area (Å²) in [4.78, 5) is 13.1. The summed E-state index contributed by atoms with van der Waals surface area (Å²) >= 11 is 0. The lowest BCUT2D eigenvalue weighted by Crippen LogP contribution is -2.26. The smallest absolute Gasteiger partial charge is 0.296 e. The lowest BCUT2D eigenvalue weighted by molar-refractivity contribution is -0.384. The largest absolute Gasteiger partial charge is 0.493 e. The number of nitro benzene ring substituents is 1. The minimum Gasteiger partial charge on any atom is -0.493 e. The summed E-state index contributed by atoms with van der Waals surface area (Å²) in [6, 6.07) is 3.16. The molecular formula is C14H19N3O4. The molecule has 2 aliphatic rings. The van der Waals surface area contributed by atoms with E-state index in [4.69, 9.17) is 9.47 Å². The fourth-order valence-electron chi connectivity index (χ4n) is 3.31. The molecule has 7 heteroatoms. The number of nitrogens with one attached hydrogen (secondary N) is 1. The van der Waals surface area contributed by atoms with E-state index in [2.05, 4.69) is 10.2 Å². The number of hydrogen-bond donors (Lipinski definition) is 1. The van der Waals surface area contributed by atoms with Crippen LogP contribution in [-0.2, 0) is 0 Å². The fourth-order valence-corrected chi connectivity index (χ4v) is 3.31. The molecule has 0 saturated carbocycles. The Kier molecular flexibility index (Phi) is 3.59. The number of fused-ring (bicyclic) bond motifs is 1. The molecule has 1 aromatic carbocycles. The van der Waals surface area contributed by atoms with E-state index < -0.39 is 0 Å². The van der Waals surface area contributed by atoms with Crippen LogP contribution in [0.25, 0.3) is 0 Å². The normalized spacial score (nSPS) is 24.0. The number of rotatable bonds is 4. The Balaban J connectivity index is 1.98. The maximum absolute atomic E-state index is 11.4. The summed E-state index contributed by atoms with van der Waals surface area (Å²) in [5.74, 6) is 2.04. The average molecular weight is 293 g/mol. The van der Waals surface area contributed by atoms with Gasteiger partial charge in [-0.2, -0.15) is 0 Å². The predicted octanol–water partition coefficient (Wildman–Crippen LogP) is 1.27. The molecule has 2 heterocycles. The maximum atomic E-state index is 11.4. The first-order chi connectivity index (χ1) is 10.1. The van der Waals surface area contributed by atoms with Crippen molar-refractivity contribution in [3.63, 3.8) is 0 Å². The van der Waals surface area contributed by atoms with Crippen molar-refractivity contribution >= 4 is 11.4 Å². The number of methoxy groups -OCH3 is 2. The summed E-state index contributed by atoms with van der Waals surface area (Å²) < 4.78 is 10.4. The Morgan fingerprint density at radius 2 is 1.76 bits per heavy atom. The molecular weight excluding hydrogens is 274 g/mol. The molecule has 0 amide bonds. The highest BCUT2D eigenvalue weighted by Crippen LogP contribution is 2.42. The van der Waals surface area contributed by atoms with Crippen molar-refractivity contribution in [3.8, 4) is 11.5 Å². The van der Waals surface area contributed by atoms with Crippen molar-refractivity contribution in [2.45, 2.75) is 0 Å². The van der Waals surface area contributed by atoms with E-state index in [1.165, 1.54) is 20.3 Å². The van der Waals surface area contributed by atoms with Crippen molar-refractivity contribution in [3.05, 3.63) is 22.2 Å². The Bertz CT molecular complexity index is 551. The van der Waals surface area contributed by atoms with Gasteiger partial charge in [-0.25, -0.2) is 0 Å². The van der Waals surface area contributed by atoms with Gasteiger partial charge in [0.25, 0.3) is 5.69 Å². The van der Waals surface area contributed by atoms with E-state index in [1.807, 2.05) is 0 Å². The van der Waals surface area contributed by atoms with E-state index >= 15 is 0 Å². The molecule has 114 valence electrons. The van der Waals surface area contributed by atoms with Gasteiger partial charge in [-0.1, -0.05) is 0 Å². The number of benzene rings is 1. The molecule has 3 rings (SSSR count). The molecule has 0 spiro atoms. The van der Waals surface area contributed by atoms with Crippen LogP contribution in [0.5, 0.6) is 11.5 Å². The van der Waals surface area contributed by atoms with Gasteiger partial charge in [-0.15, -0.1) is 0 Å². The molecule has 7 nitrogen and oxygen atoms in total. The van der Waals surface area contributed by atoms with E-state index in [0.29, 0.717) is 29.0 Å². The molecule has 0 bridgehead atoms. The number of anilines is 1. The molecule has 0 aromatic heterocycles. The Labute approximate surface area is 123 Å². The van der Waals surface area contributed by atoms with Crippen LogP contribution in [0.2, 0.25) is 0 Å². The maximum Gasteiger partial charge on any atom is 0.296 e. The number of nitro groups is 1. The van der Waals surface area contributed by atoms with Crippen molar-refractivity contribution in [2.24, 2.45) is 11.8 Å². The standard InChI is InChI=1S/C14H19N3O4/c1-20-13-3-11(12(17(18)19)4-14(13)21-2)16-7-9-5-15-6-10(9)8-16/h3-4,9-10,15H,5-8H2,1-2H3/t9-,10+. The molecule has 0 radical (unpaired) electrons. The summed E-state index contributed by atoms with van der Waals surface area (Å²) in [7, 11) is 3.02. The Morgan fingerprint density at radius 3 is 2.29 bits per heavy atom. The number of hydrogen-bond acceptors (Lipinski definition) is 6. The van der Waals surface area contributed by atoms with Crippen LogP contribution in [-0.4, -0.2) is 45.3 Å². The van der Waals surface area contributed by atoms with Crippen LogP contribution in [0.1, 0.15) is 0 Å². The van der Waals surface area contributed by atoms with Gasteiger partial charge >= 0.3 is 0 Å². The van der Waals surface area contributed by atoms with Gasteiger partial charge in [0.05, 0.1) is 25.2 Å². The molecule has 2 fully saturated rings. The first kappa shape index (κ1) is 13.9. The zero-order valence-corrected chi connectivity index (χ0v) is 12.2. The second-order valence-corrected chi connectivity index (χ2v) is 5.54. The quantitative estimate of drug-likeness (QED) is 0.665.